The second-order valence-corrected chi connectivity index (χ2v) is 9.11. The predicted octanol–water partition coefficient (Wildman–Crippen LogP) is 3.50. The van der Waals surface area contributed by atoms with E-state index in [1.165, 1.54) is 44.6 Å². The molecular weight excluding hydrogens is 438 g/mol. The fourth-order valence-corrected chi connectivity index (χ4v) is 3.82. The van der Waals surface area contributed by atoms with Crippen LogP contribution in [0.15, 0.2) is 41.3 Å². The zero-order chi connectivity index (χ0) is 24.1. The van der Waals surface area contributed by atoms with Crippen LogP contribution in [0.3, 0.4) is 0 Å². The minimum absolute atomic E-state index is 0.00782. The van der Waals surface area contributed by atoms with Gasteiger partial charge in [0.15, 0.2) is 0 Å². The molecule has 170 valence electrons. The van der Waals surface area contributed by atoms with Crippen molar-refractivity contribution in [1.82, 2.24) is 0 Å². The maximum absolute atomic E-state index is 13.1. The molecule has 11 heteroatoms. The summed E-state index contributed by atoms with van der Waals surface area (Å²) >= 11 is 0. The number of hydrogen-bond acceptors (Lipinski definition) is 8. The third kappa shape index (κ3) is 6.12. The van der Waals surface area contributed by atoms with Crippen LogP contribution < -0.4 is 14.8 Å². The van der Waals surface area contributed by atoms with Crippen LogP contribution >= 0.6 is 0 Å². The molecule has 10 nitrogen and oxygen atoms in total. The summed E-state index contributed by atoms with van der Waals surface area (Å²) in [5.74, 6) is -0.758. The molecule has 0 heterocycles. The van der Waals surface area contributed by atoms with E-state index in [9.17, 15) is 23.3 Å². The van der Waals surface area contributed by atoms with Crippen molar-refractivity contribution in [3.05, 3.63) is 47.5 Å². The number of benzene rings is 2. The first kappa shape index (κ1) is 24.5. The minimum atomic E-state index is -4.32. The molecule has 2 aromatic carbocycles. The zero-order valence-electron chi connectivity index (χ0n) is 18.2. The van der Waals surface area contributed by atoms with Crippen molar-refractivity contribution < 1.29 is 32.2 Å². The molecule has 0 bridgehead atoms. The number of rotatable bonds is 6. The molecule has 0 fully saturated rings. The first-order valence-electron chi connectivity index (χ1n) is 9.23. The molecular formula is C21H23N3O7S. The zero-order valence-corrected chi connectivity index (χ0v) is 19.0. The van der Waals surface area contributed by atoms with E-state index in [-0.39, 0.29) is 33.1 Å². The molecule has 0 aromatic heterocycles. The highest BCUT2D eigenvalue weighted by molar-refractivity contribution is 7.92. The summed E-state index contributed by atoms with van der Waals surface area (Å²) in [7, 11) is -1.88. The van der Waals surface area contributed by atoms with Crippen molar-refractivity contribution in [1.29, 1.82) is 5.26 Å². The lowest BCUT2D eigenvalue weighted by Gasteiger charge is -2.21. The van der Waals surface area contributed by atoms with E-state index in [1.807, 2.05) is 6.07 Å². The van der Waals surface area contributed by atoms with Crippen molar-refractivity contribution in [2.45, 2.75) is 31.3 Å². The van der Waals surface area contributed by atoms with Crippen molar-refractivity contribution >= 4 is 33.5 Å². The molecule has 2 rings (SSSR count). The van der Waals surface area contributed by atoms with Gasteiger partial charge in [-0.1, -0.05) is 0 Å². The van der Waals surface area contributed by atoms with Gasteiger partial charge >= 0.3 is 12.1 Å². The lowest BCUT2D eigenvalue weighted by Crippen LogP contribution is -2.27. The molecule has 0 radical (unpaired) electrons. The largest absolute Gasteiger partial charge is 0.495 e. The average Bonchev–Trinajstić information content (AvgIpc) is 2.72. The van der Waals surface area contributed by atoms with Gasteiger partial charge in [-0.3, -0.25) is 10.0 Å². The van der Waals surface area contributed by atoms with Crippen LogP contribution in [0.1, 0.15) is 36.7 Å². The smallest absolute Gasteiger partial charge is 0.412 e. The summed E-state index contributed by atoms with van der Waals surface area (Å²) in [5.41, 5.74) is -0.664. The summed E-state index contributed by atoms with van der Waals surface area (Å²) in [4.78, 5) is 23.7. The summed E-state index contributed by atoms with van der Waals surface area (Å²) in [6, 6.07) is 9.69. The number of nitrogens with zero attached hydrogens (tertiary/aromatic N) is 1. The fourth-order valence-electron chi connectivity index (χ4n) is 2.55. The van der Waals surface area contributed by atoms with Crippen LogP contribution in [0.5, 0.6) is 5.75 Å². The van der Waals surface area contributed by atoms with Crippen LogP contribution in [-0.4, -0.2) is 40.3 Å². The fraction of sp³-hybridized carbons (Fsp3) is 0.286. The van der Waals surface area contributed by atoms with Gasteiger partial charge < -0.3 is 14.2 Å². The lowest BCUT2D eigenvalue weighted by molar-refractivity contribution is 0.0597. The Bertz CT molecular complexity index is 1180. The van der Waals surface area contributed by atoms with E-state index < -0.39 is 27.7 Å². The summed E-state index contributed by atoms with van der Waals surface area (Å²) in [6.07, 6.45) is -0.812. The molecule has 0 aliphatic carbocycles. The molecule has 0 spiro atoms. The molecule has 2 aromatic rings. The molecule has 0 saturated carbocycles. The molecule has 0 unspecified atom stereocenters. The lowest BCUT2D eigenvalue weighted by atomic mass is 10.2. The number of nitrogens with one attached hydrogen (secondary N) is 2. The van der Waals surface area contributed by atoms with Crippen LogP contribution in [0.2, 0.25) is 0 Å². The highest BCUT2D eigenvalue weighted by atomic mass is 32.2. The second kappa shape index (κ2) is 9.57. The van der Waals surface area contributed by atoms with E-state index in [1.54, 1.807) is 20.8 Å². The van der Waals surface area contributed by atoms with Gasteiger partial charge in [0.05, 0.1) is 42.8 Å². The van der Waals surface area contributed by atoms with Gasteiger partial charge in [-0.2, -0.15) is 5.26 Å². The van der Waals surface area contributed by atoms with Crippen molar-refractivity contribution in [2.24, 2.45) is 0 Å². The third-order valence-corrected chi connectivity index (χ3v) is 5.29. The number of sulfonamides is 1. The predicted molar refractivity (Wildman–Crippen MR) is 116 cm³/mol. The van der Waals surface area contributed by atoms with Crippen LogP contribution in [-0.2, 0) is 19.5 Å². The number of anilines is 2. The van der Waals surface area contributed by atoms with Crippen LogP contribution in [0, 0.1) is 11.3 Å². The van der Waals surface area contributed by atoms with Gasteiger partial charge in [0.2, 0.25) is 0 Å². The topological polar surface area (TPSA) is 144 Å². The average molecular weight is 461 g/mol. The highest BCUT2D eigenvalue weighted by Gasteiger charge is 2.24. The van der Waals surface area contributed by atoms with Gasteiger partial charge in [0.25, 0.3) is 10.0 Å². The number of esters is 1. The Kier molecular flexibility index (Phi) is 7.32. The van der Waals surface area contributed by atoms with Gasteiger partial charge in [-0.15, -0.1) is 0 Å². The Morgan fingerprint density at radius 3 is 2.28 bits per heavy atom. The molecule has 0 aliphatic rings. The number of methoxy groups -OCH3 is 2. The summed E-state index contributed by atoms with van der Waals surface area (Å²) in [5, 5.41) is 11.7. The maximum Gasteiger partial charge on any atom is 0.412 e. The number of amides is 1. The molecule has 32 heavy (non-hydrogen) atoms. The summed E-state index contributed by atoms with van der Waals surface area (Å²) < 4.78 is 43.6. The van der Waals surface area contributed by atoms with Crippen LogP contribution in [0.25, 0.3) is 0 Å². The van der Waals surface area contributed by atoms with Gasteiger partial charge in [0, 0.05) is 0 Å². The number of ether oxygens (including phenoxy) is 3. The van der Waals surface area contributed by atoms with Gasteiger partial charge in [-0.05, 0) is 57.2 Å². The van der Waals surface area contributed by atoms with E-state index >= 15 is 0 Å². The molecule has 0 saturated heterocycles. The second-order valence-electron chi connectivity index (χ2n) is 7.46. The minimum Gasteiger partial charge on any atom is -0.495 e. The number of carbonyl (C=O) groups excluding carboxylic acids is 2. The number of hydrogen-bond donors (Lipinski definition) is 2. The number of nitriles is 1. The first-order valence-corrected chi connectivity index (χ1v) is 10.7. The molecule has 0 aliphatic heterocycles. The molecule has 2 N–H and O–H groups in total. The van der Waals surface area contributed by atoms with Crippen molar-refractivity contribution in [2.75, 3.05) is 24.3 Å². The standard InChI is InChI=1S/C21H23N3O7S/c1-21(2,3)31-20(26)23-15-8-6-13(12-22)10-16(15)24-32(27,28)18-11-14(19(25)30-5)7-9-17(18)29-4/h6-11,24H,1-5H3,(H,23,26). The third-order valence-electron chi connectivity index (χ3n) is 3.90. The Morgan fingerprint density at radius 1 is 1.03 bits per heavy atom. The number of carbonyl (C=O) groups is 2. The Morgan fingerprint density at radius 2 is 1.72 bits per heavy atom. The van der Waals surface area contributed by atoms with Gasteiger partial charge in [-0.25, -0.2) is 18.0 Å². The Labute approximate surface area is 186 Å². The quantitative estimate of drug-likeness (QED) is 0.622. The maximum atomic E-state index is 13.1. The van der Waals surface area contributed by atoms with Crippen molar-refractivity contribution in [3.8, 4) is 11.8 Å². The SMILES string of the molecule is COC(=O)c1ccc(OC)c(S(=O)(=O)Nc2cc(C#N)ccc2NC(=O)OC(C)(C)C)c1. The molecule has 0 atom stereocenters. The van der Waals surface area contributed by atoms with E-state index in [2.05, 4.69) is 14.8 Å². The normalized spacial score (nSPS) is 11.1. The van der Waals surface area contributed by atoms with E-state index in [0.29, 0.717) is 0 Å². The van der Waals surface area contributed by atoms with Crippen molar-refractivity contribution in [3.63, 3.8) is 0 Å². The Balaban J connectivity index is 2.50. The molecule has 1 amide bonds. The van der Waals surface area contributed by atoms with Crippen LogP contribution in [0.4, 0.5) is 16.2 Å². The van der Waals surface area contributed by atoms with Gasteiger partial charge in [0.1, 0.15) is 16.2 Å². The van der Waals surface area contributed by atoms with E-state index in [4.69, 9.17) is 9.47 Å². The Hall–Kier alpha value is -3.78. The highest BCUT2D eigenvalue weighted by Crippen LogP contribution is 2.31. The van der Waals surface area contributed by atoms with E-state index in [0.717, 1.165) is 6.07 Å². The summed E-state index contributed by atoms with van der Waals surface area (Å²) in [6.45, 7) is 5.03. The monoisotopic (exact) mass is 461 g/mol. The first-order chi connectivity index (χ1) is 14.9.